The number of fused-ring (bicyclic) bond motifs is 1. The number of thiol groups is 1. The summed E-state index contributed by atoms with van der Waals surface area (Å²) in [7, 11) is 1.78. The van der Waals surface area contributed by atoms with Gasteiger partial charge in [-0.25, -0.2) is 0 Å². The van der Waals surface area contributed by atoms with Crippen LogP contribution in [-0.2, 0) is 13.1 Å². The third-order valence-corrected chi connectivity index (χ3v) is 7.33. The fraction of sp³-hybridized carbons (Fsp3) is 0.429. The molecule has 0 aromatic heterocycles. The number of carbonyl (C=O) groups excluding carboxylic acids is 1. The van der Waals surface area contributed by atoms with Gasteiger partial charge in [-0.2, -0.15) is 0 Å². The molecule has 38 heavy (non-hydrogen) atoms. The molecule has 0 unspecified atom stereocenters. The maximum atomic E-state index is 13.1. The largest absolute Gasteiger partial charge is 0.573 e. The van der Waals surface area contributed by atoms with Crippen molar-refractivity contribution in [3.05, 3.63) is 64.7 Å². The van der Waals surface area contributed by atoms with Crippen LogP contribution in [0.5, 0.6) is 5.75 Å². The minimum atomic E-state index is -4.73. The van der Waals surface area contributed by atoms with E-state index in [9.17, 15) is 18.0 Å². The first-order chi connectivity index (χ1) is 18.2. The Hall–Kier alpha value is -2.98. The number of amides is 1. The summed E-state index contributed by atoms with van der Waals surface area (Å²) < 4.78 is 41.2. The number of rotatable bonds is 9. The molecule has 0 spiro atoms. The molecule has 0 aliphatic carbocycles. The van der Waals surface area contributed by atoms with Gasteiger partial charge in [-0.05, 0) is 54.3 Å². The summed E-state index contributed by atoms with van der Waals surface area (Å²) in [6.07, 6.45) is 1.30. The molecule has 204 valence electrons. The Bertz CT molecular complexity index is 1190. The predicted molar refractivity (Wildman–Crippen MR) is 146 cm³/mol. The van der Waals surface area contributed by atoms with E-state index in [0.717, 1.165) is 62.4 Å². The van der Waals surface area contributed by atoms with Gasteiger partial charge < -0.3 is 14.5 Å². The molecule has 6 nitrogen and oxygen atoms in total. The van der Waals surface area contributed by atoms with Crippen LogP contribution in [0.15, 0.2) is 57.9 Å². The van der Waals surface area contributed by atoms with Gasteiger partial charge in [0.1, 0.15) is 5.75 Å². The average molecular weight is 547 g/mol. The van der Waals surface area contributed by atoms with E-state index in [0.29, 0.717) is 23.5 Å². The first-order valence-electron chi connectivity index (χ1n) is 12.7. The number of hydrogen-bond acceptors (Lipinski definition) is 6. The number of benzene rings is 2. The molecule has 4 rings (SSSR count). The number of nitrogens with zero attached hydrogens (tertiary/aromatic N) is 4. The van der Waals surface area contributed by atoms with Crippen LogP contribution < -0.4 is 9.64 Å². The quantitative estimate of drug-likeness (QED) is 0.330. The molecule has 0 atom stereocenters. The van der Waals surface area contributed by atoms with Crippen LogP contribution in [0.1, 0.15) is 41.3 Å². The zero-order valence-electron chi connectivity index (χ0n) is 21.7. The summed E-state index contributed by atoms with van der Waals surface area (Å²) >= 11 is 4.64. The number of carbonyl (C=O) groups is 1. The standard InChI is InChI=1S/C28H33F3N4O2S/c1-3-20(8-10-32-2)9-11-33-12-14-34(15-13-33)23-16-22-19-35(27(36)26(22)25(38)17-23)18-21-4-6-24(7-5-21)37-28(29,30)31/h4-8,10,16-17,38H,3,9,11-15,18-19H2,1-2H3/b20-8+,32-10?. The molecular weight excluding hydrogens is 513 g/mol. The van der Waals surface area contributed by atoms with E-state index in [-0.39, 0.29) is 11.7 Å². The third-order valence-electron chi connectivity index (χ3n) is 6.98. The van der Waals surface area contributed by atoms with Gasteiger partial charge in [-0.1, -0.05) is 24.6 Å². The van der Waals surface area contributed by atoms with Crippen LogP contribution in [0, 0.1) is 0 Å². The van der Waals surface area contributed by atoms with Crippen LogP contribution in [-0.4, -0.2) is 68.1 Å². The van der Waals surface area contributed by atoms with Gasteiger partial charge in [0, 0.05) is 69.7 Å². The number of allylic oxidation sites excluding steroid dienone is 1. The lowest BCUT2D eigenvalue weighted by molar-refractivity contribution is -0.274. The molecule has 2 heterocycles. The van der Waals surface area contributed by atoms with Crippen molar-refractivity contribution in [2.75, 3.05) is 44.7 Å². The van der Waals surface area contributed by atoms with Gasteiger partial charge in [0.25, 0.3) is 5.91 Å². The van der Waals surface area contributed by atoms with E-state index in [1.165, 1.54) is 17.7 Å². The zero-order chi connectivity index (χ0) is 27.3. The Morgan fingerprint density at radius 3 is 2.47 bits per heavy atom. The summed E-state index contributed by atoms with van der Waals surface area (Å²) in [5, 5.41) is 0. The Morgan fingerprint density at radius 2 is 1.84 bits per heavy atom. The van der Waals surface area contributed by atoms with E-state index in [1.807, 2.05) is 12.3 Å². The molecule has 2 aliphatic rings. The Kier molecular flexibility index (Phi) is 9.04. The number of ether oxygens (including phenoxy) is 1. The predicted octanol–water partition coefficient (Wildman–Crippen LogP) is 5.58. The van der Waals surface area contributed by atoms with Crippen LogP contribution in [0.25, 0.3) is 0 Å². The first-order valence-corrected chi connectivity index (χ1v) is 13.2. The van der Waals surface area contributed by atoms with Crippen LogP contribution in [0.3, 0.4) is 0 Å². The van der Waals surface area contributed by atoms with E-state index in [2.05, 4.69) is 51.2 Å². The molecule has 10 heteroatoms. The normalized spacial score (nSPS) is 17.0. The monoisotopic (exact) mass is 546 g/mol. The van der Waals surface area contributed by atoms with Crippen LogP contribution in [0.4, 0.5) is 18.9 Å². The highest BCUT2D eigenvalue weighted by Gasteiger charge is 2.32. The molecule has 0 radical (unpaired) electrons. The number of alkyl halides is 3. The van der Waals surface area contributed by atoms with E-state index >= 15 is 0 Å². The Balaban J connectivity index is 1.35. The molecule has 1 fully saturated rings. The summed E-state index contributed by atoms with van der Waals surface area (Å²) in [4.78, 5) is 24.3. The Morgan fingerprint density at radius 1 is 1.13 bits per heavy atom. The van der Waals surface area contributed by atoms with Crippen molar-refractivity contribution >= 4 is 30.4 Å². The number of piperazine rings is 1. The number of halogens is 3. The highest BCUT2D eigenvalue weighted by Crippen LogP contribution is 2.34. The van der Waals surface area contributed by atoms with Gasteiger partial charge in [0.2, 0.25) is 0 Å². The maximum Gasteiger partial charge on any atom is 0.573 e. The van der Waals surface area contributed by atoms with Gasteiger partial charge >= 0.3 is 6.36 Å². The smallest absolute Gasteiger partial charge is 0.406 e. The summed E-state index contributed by atoms with van der Waals surface area (Å²) in [6, 6.07) is 9.64. The fourth-order valence-electron chi connectivity index (χ4n) is 4.89. The molecule has 0 N–H and O–H groups in total. The zero-order valence-corrected chi connectivity index (χ0v) is 22.6. The minimum absolute atomic E-state index is 0.120. The lowest BCUT2D eigenvalue weighted by Gasteiger charge is -2.36. The van der Waals surface area contributed by atoms with Crippen molar-refractivity contribution in [2.24, 2.45) is 4.99 Å². The second-order valence-corrected chi connectivity index (χ2v) is 10.00. The second kappa shape index (κ2) is 12.3. The van der Waals surface area contributed by atoms with Crippen molar-refractivity contribution < 1.29 is 22.7 Å². The number of hydrogen-bond donors (Lipinski definition) is 1. The van der Waals surface area contributed by atoms with Crippen molar-refractivity contribution in [2.45, 2.75) is 44.1 Å². The molecule has 2 aliphatic heterocycles. The van der Waals surface area contributed by atoms with Crippen LogP contribution in [0.2, 0.25) is 0 Å². The van der Waals surface area contributed by atoms with Gasteiger partial charge in [0.15, 0.2) is 0 Å². The average Bonchev–Trinajstić information content (AvgIpc) is 3.20. The highest BCUT2D eigenvalue weighted by atomic mass is 32.1. The molecule has 1 amide bonds. The Labute approximate surface area is 227 Å². The molecule has 1 saturated heterocycles. The summed E-state index contributed by atoms with van der Waals surface area (Å²) in [5.41, 5.74) is 4.71. The number of aliphatic imine (C=N–C) groups is 1. The second-order valence-electron chi connectivity index (χ2n) is 9.52. The van der Waals surface area contributed by atoms with Gasteiger partial charge in [-0.15, -0.1) is 25.8 Å². The minimum Gasteiger partial charge on any atom is -0.406 e. The van der Waals surface area contributed by atoms with E-state index in [4.69, 9.17) is 0 Å². The summed E-state index contributed by atoms with van der Waals surface area (Å²) in [5.74, 6) is -0.405. The molecule has 2 aromatic carbocycles. The van der Waals surface area contributed by atoms with Crippen molar-refractivity contribution in [1.82, 2.24) is 9.80 Å². The highest BCUT2D eigenvalue weighted by molar-refractivity contribution is 7.80. The molecule has 0 saturated carbocycles. The number of anilines is 1. The van der Waals surface area contributed by atoms with E-state index < -0.39 is 6.36 Å². The van der Waals surface area contributed by atoms with Crippen molar-refractivity contribution in [3.8, 4) is 5.75 Å². The van der Waals surface area contributed by atoms with E-state index in [1.54, 1.807) is 24.1 Å². The molecular formula is C28H33F3N4O2S. The third kappa shape index (κ3) is 7.11. The molecule has 2 aromatic rings. The maximum absolute atomic E-state index is 13.1. The van der Waals surface area contributed by atoms with Crippen molar-refractivity contribution in [3.63, 3.8) is 0 Å². The fourth-order valence-corrected chi connectivity index (χ4v) is 5.26. The lowest BCUT2D eigenvalue weighted by atomic mass is 10.1. The van der Waals surface area contributed by atoms with Crippen LogP contribution >= 0.6 is 12.6 Å². The molecule has 0 bridgehead atoms. The topological polar surface area (TPSA) is 48.4 Å². The first kappa shape index (κ1) is 28.0. The lowest BCUT2D eigenvalue weighted by Crippen LogP contribution is -2.46. The van der Waals surface area contributed by atoms with Gasteiger partial charge in [0.05, 0.1) is 5.56 Å². The summed E-state index contributed by atoms with van der Waals surface area (Å²) in [6.45, 7) is 7.66. The SMILES string of the molecule is CC/C(=C\C=NC)CCN1CCN(c2cc(S)c3c(c2)CN(Cc2ccc(OC(F)(F)F)cc2)C3=O)CC1. The van der Waals surface area contributed by atoms with Crippen molar-refractivity contribution in [1.29, 1.82) is 0 Å². The van der Waals surface area contributed by atoms with Gasteiger partial charge in [-0.3, -0.25) is 14.7 Å².